The smallest absolute Gasteiger partial charge is 0.321 e. The van der Waals surface area contributed by atoms with E-state index in [1.807, 2.05) is 24.0 Å². The molecule has 0 radical (unpaired) electrons. The molecule has 5 heteroatoms. The monoisotopic (exact) mass is 295 g/mol. The van der Waals surface area contributed by atoms with Crippen LogP contribution in [0.25, 0.3) is 0 Å². The summed E-state index contributed by atoms with van der Waals surface area (Å²) in [5, 5.41) is 3.58. The fourth-order valence-electron chi connectivity index (χ4n) is 2.59. The topological polar surface area (TPSA) is 58.4 Å². The molecule has 1 atom stereocenters. The molecular weight excluding hydrogens is 274 g/mol. The second kappa shape index (κ2) is 6.95. The van der Waals surface area contributed by atoms with Crippen molar-refractivity contribution in [1.82, 2.24) is 4.90 Å². The van der Waals surface area contributed by atoms with Crippen molar-refractivity contribution in [3.05, 3.63) is 28.8 Å². The van der Waals surface area contributed by atoms with Crippen LogP contribution in [-0.2, 0) is 0 Å². The summed E-state index contributed by atoms with van der Waals surface area (Å²) in [5.41, 5.74) is 7.35. The Labute approximate surface area is 125 Å². The van der Waals surface area contributed by atoms with Gasteiger partial charge in [-0.3, -0.25) is 0 Å². The van der Waals surface area contributed by atoms with E-state index in [0.717, 1.165) is 43.6 Å². The number of nitrogens with zero attached hydrogens (tertiary/aromatic N) is 1. The number of carbonyl (C=O) groups is 1. The predicted molar refractivity (Wildman–Crippen MR) is 83.2 cm³/mol. The van der Waals surface area contributed by atoms with Crippen LogP contribution in [0, 0.1) is 12.8 Å². The lowest BCUT2D eigenvalue weighted by Gasteiger charge is -2.32. The van der Waals surface area contributed by atoms with Crippen LogP contribution in [0.3, 0.4) is 0 Å². The van der Waals surface area contributed by atoms with Gasteiger partial charge in [0.15, 0.2) is 0 Å². The van der Waals surface area contributed by atoms with Crippen LogP contribution in [0.15, 0.2) is 18.2 Å². The molecule has 1 aromatic carbocycles. The summed E-state index contributed by atoms with van der Waals surface area (Å²) in [6.07, 6.45) is 3.20. The number of benzene rings is 1. The summed E-state index contributed by atoms with van der Waals surface area (Å²) in [6.45, 7) is 4.23. The zero-order valence-electron chi connectivity index (χ0n) is 11.9. The van der Waals surface area contributed by atoms with Crippen molar-refractivity contribution in [2.24, 2.45) is 11.7 Å². The zero-order chi connectivity index (χ0) is 14.5. The highest BCUT2D eigenvalue weighted by Crippen LogP contribution is 2.22. The summed E-state index contributed by atoms with van der Waals surface area (Å²) in [5.74, 6) is 0.529. The van der Waals surface area contributed by atoms with Gasteiger partial charge < -0.3 is 16.0 Å². The van der Waals surface area contributed by atoms with E-state index in [0.29, 0.717) is 17.5 Å². The molecule has 1 aliphatic heterocycles. The predicted octanol–water partition coefficient (Wildman–Crippen LogP) is 3.24. The summed E-state index contributed by atoms with van der Waals surface area (Å²) < 4.78 is 0. The molecule has 0 saturated carbocycles. The Balaban J connectivity index is 1.95. The number of carbonyl (C=O) groups excluding carboxylic acids is 1. The number of rotatable bonds is 3. The van der Waals surface area contributed by atoms with E-state index in [1.54, 1.807) is 6.07 Å². The van der Waals surface area contributed by atoms with Crippen LogP contribution in [0.4, 0.5) is 10.5 Å². The SMILES string of the molecule is Cc1ccc(NC(=O)N2CCCC(CCN)C2)cc1Cl. The van der Waals surface area contributed by atoms with E-state index in [2.05, 4.69) is 5.32 Å². The van der Waals surface area contributed by atoms with E-state index in [9.17, 15) is 4.79 Å². The number of halogens is 1. The van der Waals surface area contributed by atoms with Gasteiger partial charge in [0.25, 0.3) is 0 Å². The van der Waals surface area contributed by atoms with Crippen LogP contribution in [-0.4, -0.2) is 30.6 Å². The molecule has 1 heterocycles. The Morgan fingerprint density at radius 3 is 3.05 bits per heavy atom. The molecule has 20 heavy (non-hydrogen) atoms. The first-order valence-electron chi connectivity index (χ1n) is 7.12. The number of hydrogen-bond acceptors (Lipinski definition) is 2. The van der Waals surface area contributed by atoms with Gasteiger partial charge in [-0.15, -0.1) is 0 Å². The van der Waals surface area contributed by atoms with Crippen molar-refractivity contribution in [1.29, 1.82) is 0 Å². The van der Waals surface area contributed by atoms with Crippen molar-refractivity contribution in [2.75, 3.05) is 25.0 Å². The Hall–Kier alpha value is -1.26. The number of aryl methyl sites for hydroxylation is 1. The van der Waals surface area contributed by atoms with Gasteiger partial charge >= 0.3 is 6.03 Å². The molecule has 3 N–H and O–H groups in total. The third-order valence-corrected chi connectivity index (χ3v) is 4.21. The first-order chi connectivity index (χ1) is 9.60. The molecule has 4 nitrogen and oxygen atoms in total. The lowest BCUT2D eigenvalue weighted by Crippen LogP contribution is -2.42. The van der Waals surface area contributed by atoms with E-state index in [-0.39, 0.29) is 6.03 Å². The quantitative estimate of drug-likeness (QED) is 0.899. The number of anilines is 1. The molecular formula is C15H22ClN3O. The van der Waals surface area contributed by atoms with Gasteiger partial charge in [-0.05, 0) is 56.3 Å². The van der Waals surface area contributed by atoms with Gasteiger partial charge in [0, 0.05) is 23.8 Å². The maximum atomic E-state index is 12.3. The average molecular weight is 296 g/mol. The molecule has 1 unspecified atom stereocenters. The van der Waals surface area contributed by atoms with E-state index < -0.39 is 0 Å². The number of nitrogens with two attached hydrogens (primary N) is 1. The lowest BCUT2D eigenvalue weighted by atomic mass is 9.95. The van der Waals surface area contributed by atoms with Crippen molar-refractivity contribution < 1.29 is 4.79 Å². The molecule has 1 aliphatic rings. The second-order valence-electron chi connectivity index (χ2n) is 5.43. The van der Waals surface area contributed by atoms with Gasteiger partial charge in [0.2, 0.25) is 0 Å². The summed E-state index contributed by atoms with van der Waals surface area (Å²) in [6, 6.07) is 5.52. The average Bonchev–Trinajstić information content (AvgIpc) is 2.43. The lowest BCUT2D eigenvalue weighted by molar-refractivity contribution is 0.175. The van der Waals surface area contributed by atoms with Crippen LogP contribution >= 0.6 is 11.6 Å². The first-order valence-corrected chi connectivity index (χ1v) is 7.50. The largest absolute Gasteiger partial charge is 0.330 e. The van der Waals surface area contributed by atoms with Gasteiger partial charge in [0.1, 0.15) is 0 Å². The summed E-state index contributed by atoms with van der Waals surface area (Å²) in [7, 11) is 0. The summed E-state index contributed by atoms with van der Waals surface area (Å²) in [4.78, 5) is 14.1. The molecule has 2 amide bonds. The van der Waals surface area contributed by atoms with Crippen LogP contribution < -0.4 is 11.1 Å². The van der Waals surface area contributed by atoms with Crippen LogP contribution in [0.1, 0.15) is 24.8 Å². The Bertz CT molecular complexity index is 476. The molecule has 110 valence electrons. The number of likely N-dealkylation sites (tertiary alicyclic amines) is 1. The molecule has 1 fully saturated rings. The van der Waals surface area contributed by atoms with Crippen molar-refractivity contribution in [2.45, 2.75) is 26.2 Å². The van der Waals surface area contributed by atoms with Gasteiger partial charge in [-0.1, -0.05) is 17.7 Å². The van der Waals surface area contributed by atoms with Crippen molar-refractivity contribution >= 4 is 23.3 Å². The Morgan fingerprint density at radius 1 is 1.55 bits per heavy atom. The molecule has 0 aromatic heterocycles. The number of amides is 2. The molecule has 2 rings (SSSR count). The van der Waals surface area contributed by atoms with Gasteiger partial charge in [-0.25, -0.2) is 4.79 Å². The number of hydrogen-bond donors (Lipinski definition) is 2. The molecule has 0 aliphatic carbocycles. The second-order valence-corrected chi connectivity index (χ2v) is 5.83. The van der Waals surface area contributed by atoms with Crippen LogP contribution in [0.2, 0.25) is 5.02 Å². The minimum absolute atomic E-state index is 0.0494. The number of piperidine rings is 1. The van der Waals surface area contributed by atoms with Crippen LogP contribution in [0.5, 0.6) is 0 Å². The zero-order valence-corrected chi connectivity index (χ0v) is 12.6. The van der Waals surface area contributed by atoms with Gasteiger partial charge in [0.05, 0.1) is 0 Å². The first kappa shape index (κ1) is 15.1. The van der Waals surface area contributed by atoms with E-state index in [4.69, 9.17) is 17.3 Å². The molecule has 0 spiro atoms. The highest BCUT2D eigenvalue weighted by molar-refractivity contribution is 6.31. The number of nitrogens with one attached hydrogen (secondary N) is 1. The summed E-state index contributed by atoms with van der Waals surface area (Å²) >= 11 is 6.07. The fraction of sp³-hybridized carbons (Fsp3) is 0.533. The minimum atomic E-state index is -0.0494. The minimum Gasteiger partial charge on any atom is -0.330 e. The molecule has 0 bridgehead atoms. The van der Waals surface area contributed by atoms with E-state index >= 15 is 0 Å². The number of urea groups is 1. The third kappa shape index (κ3) is 3.87. The maximum absolute atomic E-state index is 12.3. The normalized spacial score (nSPS) is 18.9. The maximum Gasteiger partial charge on any atom is 0.321 e. The highest BCUT2D eigenvalue weighted by atomic mass is 35.5. The van der Waals surface area contributed by atoms with Gasteiger partial charge in [-0.2, -0.15) is 0 Å². The Kier molecular flexibility index (Phi) is 5.26. The van der Waals surface area contributed by atoms with Crippen molar-refractivity contribution in [3.63, 3.8) is 0 Å². The highest BCUT2D eigenvalue weighted by Gasteiger charge is 2.23. The fourth-order valence-corrected chi connectivity index (χ4v) is 2.77. The third-order valence-electron chi connectivity index (χ3n) is 3.80. The molecule has 1 saturated heterocycles. The van der Waals surface area contributed by atoms with E-state index in [1.165, 1.54) is 0 Å². The van der Waals surface area contributed by atoms with Crippen molar-refractivity contribution in [3.8, 4) is 0 Å². The Morgan fingerprint density at radius 2 is 2.35 bits per heavy atom. The molecule has 1 aromatic rings. The standard InChI is InChI=1S/C15H22ClN3O/c1-11-4-5-13(9-14(11)16)18-15(20)19-8-2-3-12(10-19)6-7-17/h4-5,9,12H,2-3,6-8,10,17H2,1H3,(H,18,20).